The average Bonchev–Trinajstić information content (AvgIpc) is 3.30. The number of ether oxygens (including phenoxy) is 1. The van der Waals surface area contributed by atoms with E-state index in [1.807, 2.05) is 6.07 Å². The Morgan fingerprint density at radius 3 is 2.57 bits per heavy atom. The first-order chi connectivity index (χ1) is 13.6. The van der Waals surface area contributed by atoms with Crippen molar-refractivity contribution in [3.05, 3.63) is 22.8 Å². The Kier molecular flexibility index (Phi) is 5.72. The van der Waals surface area contributed by atoms with Crippen LogP contribution in [-0.2, 0) is 14.3 Å². The highest BCUT2D eigenvalue weighted by Gasteiger charge is 2.37. The number of carbonyl (C=O) groups is 3. The summed E-state index contributed by atoms with van der Waals surface area (Å²) in [4.78, 5) is 42.4. The molecule has 0 bridgehead atoms. The fourth-order valence-corrected chi connectivity index (χ4v) is 4.34. The van der Waals surface area contributed by atoms with Crippen LogP contribution in [0.5, 0.6) is 0 Å². The third kappa shape index (κ3) is 4.10. The molecule has 0 spiro atoms. The summed E-state index contributed by atoms with van der Waals surface area (Å²) in [6.07, 6.45) is 4.62. The summed E-state index contributed by atoms with van der Waals surface area (Å²) in [6.45, 7) is 4.01. The Bertz CT molecular complexity index is 793. The first-order valence-corrected chi connectivity index (χ1v) is 10.4. The van der Waals surface area contributed by atoms with Crippen LogP contribution >= 0.6 is 11.8 Å². The number of hydrogen-bond acceptors (Lipinski definition) is 7. The maximum atomic E-state index is 12.6. The van der Waals surface area contributed by atoms with E-state index in [9.17, 15) is 14.4 Å². The second kappa shape index (κ2) is 8.40. The minimum Gasteiger partial charge on any atom is -0.441 e. The molecular formula is C19H23N3O5S. The van der Waals surface area contributed by atoms with Crippen LogP contribution in [0.1, 0.15) is 25.0 Å². The Hall–Kier alpha value is -2.26. The van der Waals surface area contributed by atoms with Gasteiger partial charge in [-0.15, -0.1) is 0 Å². The molecule has 1 aromatic rings. The van der Waals surface area contributed by atoms with Gasteiger partial charge in [-0.1, -0.05) is 0 Å². The van der Waals surface area contributed by atoms with Crippen LogP contribution in [-0.4, -0.2) is 72.8 Å². The summed E-state index contributed by atoms with van der Waals surface area (Å²) in [6, 6.07) is 3.62. The second-order valence-corrected chi connectivity index (χ2v) is 7.98. The number of hydrogen-bond donors (Lipinski definition) is 0. The van der Waals surface area contributed by atoms with Gasteiger partial charge in [-0.25, -0.2) is 0 Å². The van der Waals surface area contributed by atoms with Crippen LogP contribution in [0.2, 0.25) is 0 Å². The van der Waals surface area contributed by atoms with Gasteiger partial charge in [0.1, 0.15) is 12.3 Å². The van der Waals surface area contributed by atoms with Crippen molar-refractivity contribution in [2.75, 3.05) is 50.8 Å². The van der Waals surface area contributed by atoms with E-state index < -0.39 is 11.1 Å². The molecule has 0 unspecified atom stereocenters. The number of amides is 3. The van der Waals surface area contributed by atoms with Gasteiger partial charge in [0.2, 0.25) is 5.91 Å². The number of anilines is 1. The molecule has 3 saturated heterocycles. The summed E-state index contributed by atoms with van der Waals surface area (Å²) in [5.41, 5.74) is 0. The van der Waals surface area contributed by atoms with Crippen LogP contribution in [0.15, 0.2) is 21.5 Å². The molecule has 9 heteroatoms. The van der Waals surface area contributed by atoms with Crippen LogP contribution < -0.4 is 4.90 Å². The minimum atomic E-state index is -0.440. The highest BCUT2D eigenvalue weighted by molar-refractivity contribution is 8.18. The quantitative estimate of drug-likeness (QED) is 0.710. The molecule has 3 amide bonds. The fraction of sp³-hybridized carbons (Fsp3) is 0.526. The number of carbonyl (C=O) groups excluding carboxylic acids is 3. The van der Waals surface area contributed by atoms with E-state index in [1.54, 1.807) is 17.0 Å². The zero-order valence-electron chi connectivity index (χ0n) is 15.6. The summed E-state index contributed by atoms with van der Waals surface area (Å²) >= 11 is 0.844. The van der Waals surface area contributed by atoms with Crippen LogP contribution in [0.3, 0.4) is 0 Å². The zero-order chi connectivity index (χ0) is 19.5. The van der Waals surface area contributed by atoms with Crippen LogP contribution in [0.4, 0.5) is 10.7 Å². The fourth-order valence-electron chi connectivity index (χ4n) is 3.52. The van der Waals surface area contributed by atoms with E-state index in [4.69, 9.17) is 9.15 Å². The van der Waals surface area contributed by atoms with Crippen molar-refractivity contribution in [2.24, 2.45) is 0 Å². The molecule has 4 rings (SSSR count). The molecule has 0 aliphatic carbocycles. The molecule has 4 heterocycles. The predicted molar refractivity (Wildman–Crippen MR) is 105 cm³/mol. The number of rotatable bonds is 4. The zero-order valence-corrected chi connectivity index (χ0v) is 16.4. The topological polar surface area (TPSA) is 83.3 Å². The minimum absolute atomic E-state index is 0.171. The van der Waals surface area contributed by atoms with E-state index in [-0.39, 0.29) is 17.4 Å². The SMILES string of the molecule is O=C(CN1C(=O)SC(=Cc2ccc(N3CCOCC3)o2)C1=O)N1CCCCC1. The molecule has 0 aromatic carbocycles. The molecule has 0 N–H and O–H groups in total. The summed E-state index contributed by atoms with van der Waals surface area (Å²) in [5.74, 6) is 0.615. The van der Waals surface area contributed by atoms with E-state index in [1.165, 1.54) is 0 Å². The van der Waals surface area contributed by atoms with Crippen molar-refractivity contribution < 1.29 is 23.5 Å². The predicted octanol–water partition coefficient (Wildman–Crippen LogP) is 2.17. The second-order valence-electron chi connectivity index (χ2n) is 6.98. The van der Waals surface area contributed by atoms with Gasteiger partial charge >= 0.3 is 0 Å². The number of thioether (sulfide) groups is 1. The standard InChI is InChI=1S/C19H23N3O5S/c23-16(20-6-2-1-3-7-20)13-22-18(24)15(28-19(22)25)12-14-4-5-17(27-14)21-8-10-26-11-9-21/h4-5,12H,1-3,6-11,13H2. The molecule has 3 fully saturated rings. The largest absolute Gasteiger partial charge is 0.441 e. The number of piperidine rings is 1. The number of likely N-dealkylation sites (tertiary alicyclic amines) is 1. The Morgan fingerprint density at radius 2 is 1.82 bits per heavy atom. The third-order valence-electron chi connectivity index (χ3n) is 5.08. The number of nitrogens with zero attached hydrogens (tertiary/aromatic N) is 3. The van der Waals surface area contributed by atoms with Gasteiger partial charge in [-0.05, 0) is 37.1 Å². The maximum absolute atomic E-state index is 12.6. The number of furan rings is 1. The lowest BCUT2D eigenvalue weighted by Gasteiger charge is -2.27. The van der Waals surface area contributed by atoms with Crippen LogP contribution in [0.25, 0.3) is 6.08 Å². The lowest BCUT2D eigenvalue weighted by atomic mass is 10.1. The van der Waals surface area contributed by atoms with Gasteiger partial charge < -0.3 is 19.0 Å². The number of morpholine rings is 1. The van der Waals surface area contributed by atoms with Crippen molar-refractivity contribution in [3.63, 3.8) is 0 Å². The van der Waals surface area contributed by atoms with Crippen molar-refractivity contribution in [1.82, 2.24) is 9.80 Å². The summed E-state index contributed by atoms with van der Waals surface area (Å²) in [5, 5.41) is -0.415. The smallest absolute Gasteiger partial charge is 0.294 e. The normalized spacial score (nSPS) is 22.4. The Balaban J connectivity index is 1.41. The molecule has 0 saturated carbocycles. The van der Waals surface area contributed by atoms with Gasteiger partial charge in [-0.3, -0.25) is 19.3 Å². The summed E-state index contributed by atoms with van der Waals surface area (Å²) < 4.78 is 11.1. The van der Waals surface area contributed by atoms with Gasteiger partial charge in [0.15, 0.2) is 5.88 Å². The Morgan fingerprint density at radius 1 is 1.07 bits per heavy atom. The van der Waals surface area contributed by atoms with Gasteiger partial charge in [0.25, 0.3) is 11.1 Å². The Labute approximate surface area is 167 Å². The molecule has 150 valence electrons. The van der Waals surface area contributed by atoms with Gasteiger partial charge in [0, 0.05) is 38.3 Å². The summed E-state index contributed by atoms with van der Waals surface area (Å²) in [7, 11) is 0. The molecule has 3 aliphatic rings. The maximum Gasteiger partial charge on any atom is 0.294 e. The highest BCUT2D eigenvalue weighted by atomic mass is 32.2. The first kappa shape index (κ1) is 19.1. The first-order valence-electron chi connectivity index (χ1n) is 9.57. The van der Waals surface area contributed by atoms with Crippen molar-refractivity contribution in [1.29, 1.82) is 0 Å². The van der Waals surface area contributed by atoms with E-state index >= 15 is 0 Å². The molecular weight excluding hydrogens is 382 g/mol. The van der Waals surface area contributed by atoms with Crippen LogP contribution in [0, 0.1) is 0 Å². The average molecular weight is 405 g/mol. The van der Waals surface area contributed by atoms with Crippen molar-refractivity contribution >= 4 is 40.8 Å². The van der Waals surface area contributed by atoms with E-state index in [0.717, 1.165) is 49.0 Å². The number of imide groups is 1. The van der Waals surface area contributed by atoms with Gasteiger partial charge in [-0.2, -0.15) is 0 Å². The van der Waals surface area contributed by atoms with Crippen molar-refractivity contribution in [2.45, 2.75) is 19.3 Å². The van der Waals surface area contributed by atoms with E-state index in [2.05, 4.69) is 4.90 Å². The van der Waals surface area contributed by atoms with Gasteiger partial charge in [0.05, 0.1) is 18.1 Å². The highest BCUT2D eigenvalue weighted by Crippen LogP contribution is 2.33. The molecule has 8 nitrogen and oxygen atoms in total. The molecule has 3 aliphatic heterocycles. The molecule has 28 heavy (non-hydrogen) atoms. The van der Waals surface area contributed by atoms with E-state index in [0.29, 0.717) is 37.9 Å². The lowest BCUT2D eigenvalue weighted by molar-refractivity contribution is -0.136. The van der Waals surface area contributed by atoms with Crippen molar-refractivity contribution in [3.8, 4) is 0 Å². The molecule has 0 radical (unpaired) electrons. The lowest BCUT2D eigenvalue weighted by Crippen LogP contribution is -2.44. The molecule has 0 atom stereocenters. The molecule has 1 aromatic heterocycles. The monoisotopic (exact) mass is 405 g/mol. The third-order valence-corrected chi connectivity index (χ3v) is 5.99.